The van der Waals surface area contributed by atoms with E-state index < -0.39 is 0 Å². The minimum atomic E-state index is 0.501. The van der Waals surface area contributed by atoms with Gasteiger partial charge in [-0.1, -0.05) is 0 Å². The summed E-state index contributed by atoms with van der Waals surface area (Å²) in [4.78, 5) is 4.29. The van der Waals surface area contributed by atoms with Gasteiger partial charge in [0, 0.05) is 30.1 Å². The van der Waals surface area contributed by atoms with Crippen LogP contribution in [-0.2, 0) is 6.54 Å². The maximum absolute atomic E-state index is 5.50. The van der Waals surface area contributed by atoms with Crippen molar-refractivity contribution in [1.82, 2.24) is 14.6 Å². The Bertz CT molecular complexity index is 444. The van der Waals surface area contributed by atoms with Gasteiger partial charge in [0.25, 0.3) is 0 Å². The van der Waals surface area contributed by atoms with Crippen LogP contribution < -0.4 is 5.73 Å². The highest BCUT2D eigenvalue weighted by Gasteiger charge is 2.05. The lowest BCUT2D eigenvalue weighted by molar-refractivity contribution is 0.887. The Morgan fingerprint density at radius 1 is 1.46 bits per heavy atom. The fourth-order valence-corrected chi connectivity index (χ4v) is 1.30. The van der Waals surface area contributed by atoms with Gasteiger partial charge in [-0.15, -0.1) is 0 Å². The first-order valence-corrected chi connectivity index (χ1v) is 4.23. The van der Waals surface area contributed by atoms with E-state index in [9.17, 15) is 0 Å². The average Bonchev–Trinajstić information content (AvgIpc) is 2.42. The van der Waals surface area contributed by atoms with Crippen molar-refractivity contribution in [1.29, 1.82) is 0 Å². The number of aromatic nitrogens is 3. The van der Waals surface area contributed by atoms with Crippen LogP contribution in [0.3, 0.4) is 0 Å². The molecule has 0 spiro atoms. The van der Waals surface area contributed by atoms with Crippen molar-refractivity contribution in [3.05, 3.63) is 29.2 Å². The molecule has 0 radical (unpaired) electrons. The van der Waals surface area contributed by atoms with Crippen LogP contribution in [0.1, 0.15) is 16.8 Å². The number of nitrogens with two attached hydrogens (primary N) is 1. The summed E-state index contributed by atoms with van der Waals surface area (Å²) >= 11 is 0. The first-order valence-electron chi connectivity index (χ1n) is 4.23. The van der Waals surface area contributed by atoms with Crippen LogP contribution in [0.2, 0.25) is 0 Å². The van der Waals surface area contributed by atoms with Gasteiger partial charge in [0.05, 0.1) is 5.69 Å². The average molecular weight is 176 g/mol. The van der Waals surface area contributed by atoms with Crippen LogP contribution >= 0.6 is 0 Å². The molecule has 2 aromatic heterocycles. The van der Waals surface area contributed by atoms with Crippen LogP contribution in [0, 0.1) is 13.8 Å². The molecule has 0 aliphatic rings. The van der Waals surface area contributed by atoms with Crippen LogP contribution in [0.25, 0.3) is 5.65 Å². The second kappa shape index (κ2) is 2.81. The first kappa shape index (κ1) is 8.19. The lowest BCUT2D eigenvalue weighted by atomic mass is 10.3. The maximum Gasteiger partial charge on any atom is 0.158 e. The number of nitrogens with zero attached hydrogens (tertiary/aromatic N) is 3. The predicted octanol–water partition coefficient (Wildman–Crippen LogP) is 0.805. The topological polar surface area (TPSA) is 56.2 Å². The number of hydrogen-bond donors (Lipinski definition) is 1. The van der Waals surface area contributed by atoms with Gasteiger partial charge in [0.1, 0.15) is 0 Å². The van der Waals surface area contributed by atoms with Gasteiger partial charge < -0.3 is 5.73 Å². The van der Waals surface area contributed by atoms with E-state index in [0.29, 0.717) is 6.54 Å². The molecule has 0 aliphatic carbocycles. The molecule has 68 valence electrons. The van der Waals surface area contributed by atoms with E-state index in [1.807, 2.05) is 20.0 Å². The molecule has 2 N–H and O–H groups in total. The number of fused-ring (bicyclic) bond motifs is 1. The molecule has 0 amide bonds. The molecular weight excluding hydrogens is 164 g/mol. The molecule has 0 saturated heterocycles. The number of rotatable bonds is 1. The lowest BCUT2D eigenvalue weighted by Crippen LogP contribution is -2.00. The van der Waals surface area contributed by atoms with Crippen molar-refractivity contribution >= 4 is 5.65 Å². The zero-order valence-electron chi connectivity index (χ0n) is 7.78. The van der Waals surface area contributed by atoms with E-state index >= 15 is 0 Å². The highest BCUT2D eigenvalue weighted by Crippen LogP contribution is 2.11. The van der Waals surface area contributed by atoms with E-state index in [4.69, 9.17) is 5.73 Å². The SMILES string of the molecule is Cc1nn2cc(CN)cnc2c1C. The van der Waals surface area contributed by atoms with E-state index in [0.717, 1.165) is 22.5 Å². The zero-order valence-corrected chi connectivity index (χ0v) is 7.78. The van der Waals surface area contributed by atoms with Gasteiger partial charge in [0.15, 0.2) is 5.65 Å². The van der Waals surface area contributed by atoms with Crippen molar-refractivity contribution in [3.8, 4) is 0 Å². The third kappa shape index (κ3) is 1.19. The maximum atomic E-state index is 5.50. The van der Waals surface area contributed by atoms with Gasteiger partial charge in [-0.05, 0) is 13.8 Å². The normalized spacial score (nSPS) is 11.0. The van der Waals surface area contributed by atoms with Crippen molar-refractivity contribution < 1.29 is 0 Å². The molecule has 0 fully saturated rings. The Balaban J connectivity index is 2.73. The Labute approximate surface area is 76.4 Å². The molecule has 4 nitrogen and oxygen atoms in total. The van der Waals surface area contributed by atoms with Gasteiger partial charge in [-0.3, -0.25) is 0 Å². The molecule has 0 unspecified atom stereocenters. The molecule has 2 aromatic rings. The molecule has 0 aliphatic heterocycles. The monoisotopic (exact) mass is 176 g/mol. The first-order chi connectivity index (χ1) is 6.22. The standard InChI is InChI=1S/C9H12N4/c1-6-7(2)12-13-5-8(3-10)4-11-9(6)13/h4-5H,3,10H2,1-2H3. The molecule has 13 heavy (non-hydrogen) atoms. The summed E-state index contributed by atoms with van der Waals surface area (Å²) in [5.41, 5.74) is 9.56. The lowest BCUT2D eigenvalue weighted by Gasteiger charge is -1.96. The summed E-state index contributed by atoms with van der Waals surface area (Å²) in [6.07, 6.45) is 3.71. The highest BCUT2D eigenvalue weighted by molar-refractivity contribution is 5.48. The van der Waals surface area contributed by atoms with E-state index in [1.54, 1.807) is 10.7 Å². The molecule has 2 heterocycles. The van der Waals surface area contributed by atoms with E-state index in [2.05, 4.69) is 10.1 Å². The van der Waals surface area contributed by atoms with Gasteiger partial charge in [-0.2, -0.15) is 5.10 Å². The van der Waals surface area contributed by atoms with Crippen LogP contribution in [0.4, 0.5) is 0 Å². The molecular formula is C9H12N4. The minimum absolute atomic E-state index is 0.501. The van der Waals surface area contributed by atoms with Gasteiger partial charge >= 0.3 is 0 Å². The number of hydrogen-bond acceptors (Lipinski definition) is 3. The summed E-state index contributed by atoms with van der Waals surface area (Å²) in [6, 6.07) is 0. The van der Waals surface area contributed by atoms with Crippen molar-refractivity contribution in [2.24, 2.45) is 5.73 Å². The quantitative estimate of drug-likeness (QED) is 0.699. The van der Waals surface area contributed by atoms with Crippen molar-refractivity contribution in [3.63, 3.8) is 0 Å². The van der Waals surface area contributed by atoms with Crippen molar-refractivity contribution in [2.45, 2.75) is 20.4 Å². The second-order valence-corrected chi connectivity index (χ2v) is 3.14. The van der Waals surface area contributed by atoms with E-state index in [-0.39, 0.29) is 0 Å². The summed E-state index contributed by atoms with van der Waals surface area (Å²) in [5, 5.41) is 4.32. The molecule has 0 bridgehead atoms. The summed E-state index contributed by atoms with van der Waals surface area (Å²) in [5.74, 6) is 0. The Kier molecular flexibility index (Phi) is 1.77. The summed E-state index contributed by atoms with van der Waals surface area (Å²) < 4.78 is 1.78. The Morgan fingerprint density at radius 2 is 2.23 bits per heavy atom. The zero-order chi connectivity index (χ0) is 9.42. The third-order valence-corrected chi connectivity index (χ3v) is 2.23. The second-order valence-electron chi connectivity index (χ2n) is 3.14. The van der Waals surface area contributed by atoms with Crippen molar-refractivity contribution in [2.75, 3.05) is 0 Å². The molecule has 0 aromatic carbocycles. The largest absolute Gasteiger partial charge is 0.326 e. The highest BCUT2D eigenvalue weighted by atomic mass is 15.2. The van der Waals surface area contributed by atoms with Gasteiger partial charge in [0.2, 0.25) is 0 Å². The van der Waals surface area contributed by atoms with Crippen LogP contribution in [0.15, 0.2) is 12.4 Å². The van der Waals surface area contributed by atoms with Crippen LogP contribution in [-0.4, -0.2) is 14.6 Å². The van der Waals surface area contributed by atoms with Crippen LogP contribution in [0.5, 0.6) is 0 Å². The Morgan fingerprint density at radius 3 is 2.92 bits per heavy atom. The smallest absolute Gasteiger partial charge is 0.158 e. The minimum Gasteiger partial charge on any atom is -0.326 e. The third-order valence-electron chi connectivity index (χ3n) is 2.23. The predicted molar refractivity (Wildman–Crippen MR) is 50.4 cm³/mol. The van der Waals surface area contributed by atoms with E-state index in [1.165, 1.54) is 0 Å². The molecule has 2 rings (SSSR count). The molecule has 0 atom stereocenters. The van der Waals surface area contributed by atoms with Gasteiger partial charge in [-0.25, -0.2) is 9.50 Å². The fraction of sp³-hybridized carbons (Fsp3) is 0.333. The Hall–Kier alpha value is -1.42. The molecule has 4 heteroatoms. The fourth-order valence-electron chi connectivity index (χ4n) is 1.30. The molecule has 0 saturated carbocycles. The number of aryl methyl sites for hydroxylation is 2. The summed E-state index contributed by atoms with van der Waals surface area (Å²) in [7, 11) is 0. The summed E-state index contributed by atoms with van der Waals surface area (Å²) in [6.45, 7) is 4.50.